The SMILES string of the molecule is CCCCNC(=NCCCOCC(F)(F)F)NCC.I. The number of hydrogen-bond donors (Lipinski definition) is 2. The molecule has 0 atom stereocenters. The maximum atomic E-state index is 11.8. The van der Waals surface area contributed by atoms with E-state index in [0.29, 0.717) is 18.9 Å². The quantitative estimate of drug-likeness (QED) is 0.266. The lowest BCUT2D eigenvalue weighted by Crippen LogP contribution is -2.37. The van der Waals surface area contributed by atoms with E-state index in [0.717, 1.165) is 25.9 Å². The molecule has 0 aliphatic carbocycles. The van der Waals surface area contributed by atoms with Gasteiger partial charge in [-0.2, -0.15) is 13.2 Å². The molecule has 8 heteroatoms. The van der Waals surface area contributed by atoms with Gasteiger partial charge in [-0.15, -0.1) is 24.0 Å². The molecule has 0 bridgehead atoms. The average molecular weight is 411 g/mol. The van der Waals surface area contributed by atoms with Crippen LogP contribution in [0.5, 0.6) is 0 Å². The lowest BCUT2D eigenvalue weighted by Gasteiger charge is -2.11. The first-order valence-electron chi connectivity index (χ1n) is 6.66. The highest BCUT2D eigenvalue weighted by Gasteiger charge is 2.27. The van der Waals surface area contributed by atoms with E-state index < -0.39 is 12.8 Å². The van der Waals surface area contributed by atoms with E-state index in [1.807, 2.05) is 6.92 Å². The second-order valence-corrected chi connectivity index (χ2v) is 4.06. The van der Waals surface area contributed by atoms with Crippen molar-refractivity contribution < 1.29 is 17.9 Å². The molecule has 0 saturated heterocycles. The maximum Gasteiger partial charge on any atom is 0.411 e. The van der Waals surface area contributed by atoms with Crippen LogP contribution in [0.25, 0.3) is 0 Å². The van der Waals surface area contributed by atoms with Crippen LogP contribution in [0, 0.1) is 0 Å². The molecule has 0 aliphatic heterocycles. The zero-order valence-corrected chi connectivity index (χ0v) is 14.4. The van der Waals surface area contributed by atoms with Gasteiger partial charge in [-0.3, -0.25) is 4.99 Å². The Morgan fingerprint density at radius 2 is 1.85 bits per heavy atom. The fourth-order valence-electron chi connectivity index (χ4n) is 1.27. The number of halogens is 4. The summed E-state index contributed by atoms with van der Waals surface area (Å²) in [5.41, 5.74) is 0. The van der Waals surface area contributed by atoms with Crippen LogP contribution < -0.4 is 10.6 Å². The van der Waals surface area contributed by atoms with Crippen LogP contribution >= 0.6 is 24.0 Å². The summed E-state index contributed by atoms with van der Waals surface area (Å²) in [5, 5.41) is 6.23. The normalized spacial score (nSPS) is 11.9. The number of guanidine groups is 1. The number of ether oxygens (including phenoxy) is 1. The summed E-state index contributed by atoms with van der Waals surface area (Å²) in [6, 6.07) is 0. The van der Waals surface area contributed by atoms with E-state index in [1.165, 1.54) is 0 Å². The van der Waals surface area contributed by atoms with Crippen LogP contribution in [0.1, 0.15) is 33.1 Å². The molecule has 0 saturated carbocycles. The minimum absolute atomic E-state index is 0. The molecule has 0 spiro atoms. The Hall–Kier alpha value is -0.250. The van der Waals surface area contributed by atoms with Crippen molar-refractivity contribution in [3.05, 3.63) is 0 Å². The van der Waals surface area contributed by atoms with Gasteiger partial charge in [0.1, 0.15) is 6.61 Å². The van der Waals surface area contributed by atoms with E-state index >= 15 is 0 Å². The third-order valence-corrected chi connectivity index (χ3v) is 2.15. The molecule has 0 amide bonds. The molecule has 2 N–H and O–H groups in total. The van der Waals surface area contributed by atoms with Crippen molar-refractivity contribution in [1.29, 1.82) is 0 Å². The standard InChI is InChI=1S/C12H24F3N3O.HI/c1-3-5-7-17-11(16-4-2)18-8-6-9-19-10-12(13,14)15;/h3-10H2,1-2H3,(H2,16,17,18);1H. The second kappa shape index (κ2) is 13.7. The van der Waals surface area contributed by atoms with E-state index in [-0.39, 0.29) is 30.6 Å². The van der Waals surface area contributed by atoms with Gasteiger partial charge in [0.25, 0.3) is 0 Å². The minimum Gasteiger partial charge on any atom is -0.372 e. The molecule has 0 heterocycles. The van der Waals surface area contributed by atoms with Gasteiger partial charge in [0.05, 0.1) is 0 Å². The number of rotatable bonds is 9. The highest BCUT2D eigenvalue weighted by molar-refractivity contribution is 14.0. The van der Waals surface area contributed by atoms with Gasteiger partial charge in [0.15, 0.2) is 5.96 Å². The van der Waals surface area contributed by atoms with Crippen molar-refractivity contribution in [1.82, 2.24) is 10.6 Å². The molecule has 0 unspecified atom stereocenters. The molecule has 0 fully saturated rings. The number of unbranched alkanes of at least 4 members (excludes halogenated alkanes) is 1. The predicted molar refractivity (Wildman–Crippen MR) is 85.8 cm³/mol. The lowest BCUT2D eigenvalue weighted by molar-refractivity contribution is -0.173. The Morgan fingerprint density at radius 3 is 2.40 bits per heavy atom. The van der Waals surface area contributed by atoms with Crippen molar-refractivity contribution in [3.63, 3.8) is 0 Å². The van der Waals surface area contributed by atoms with Crippen LogP contribution in [-0.2, 0) is 4.74 Å². The summed E-state index contributed by atoms with van der Waals surface area (Å²) in [6.45, 7) is 4.98. The first kappa shape index (κ1) is 22.0. The van der Waals surface area contributed by atoms with Gasteiger partial charge >= 0.3 is 6.18 Å². The fraction of sp³-hybridized carbons (Fsp3) is 0.917. The van der Waals surface area contributed by atoms with E-state index in [4.69, 9.17) is 0 Å². The van der Waals surface area contributed by atoms with Gasteiger partial charge < -0.3 is 15.4 Å². The van der Waals surface area contributed by atoms with Crippen LogP contribution in [0.4, 0.5) is 13.2 Å². The van der Waals surface area contributed by atoms with Crippen LogP contribution in [0.2, 0.25) is 0 Å². The van der Waals surface area contributed by atoms with E-state index in [1.54, 1.807) is 0 Å². The first-order chi connectivity index (χ1) is 8.99. The van der Waals surface area contributed by atoms with Crippen molar-refractivity contribution in [2.24, 2.45) is 4.99 Å². The third kappa shape index (κ3) is 15.8. The fourth-order valence-corrected chi connectivity index (χ4v) is 1.27. The summed E-state index contributed by atoms with van der Waals surface area (Å²) in [5.74, 6) is 0.701. The highest BCUT2D eigenvalue weighted by Crippen LogP contribution is 2.14. The van der Waals surface area contributed by atoms with Crippen LogP contribution in [0.3, 0.4) is 0 Å². The molecular formula is C12H25F3IN3O. The van der Waals surface area contributed by atoms with Gasteiger partial charge in [-0.25, -0.2) is 0 Å². The second-order valence-electron chi connectivity index (χ2n) is 4.06. The number of nitrogens with zero attached hydrogens (tertiary/aromatic N) is 1. The first-order valence-corrected chi connectivity index (χ1v) is 6.66. The van der Waals surface area contributed by atoms with Crippen LogP contribution in [0.15, 0.2) is 4.99 Å². The monoisotopic (exact) mass is 411 g/mol. The zero-order valence-electron chi connectivity index (χ0n) is 12.1. The molecule has 0 aliphatic rings. The van der Waals surface area contributed by atoms with Crippen LogP contribution in [-0.4, -0.2) is 45.0 Å². The summed E-state index contributed by atoms with van der Waals surface area (Å²) >= 11 is 0. The molecule has 0 aromatic heterocycles. The Labute approximate surface area is 136 Å². The minimum atomic E-state index is -4.25. The molecular weight excluding hydrogens is 386 g/mol. The van der Waals surface area contributed by atoms with E-state index in [2.05, 4.69) is 27.3 Å². The number of aliphatic imine (C=N–C) groups is 1. The van der Waals surface area contributed by atoms with Crippen molar-refractivity contribution in [2.45, 2.75) is 39.3 Å². The Balaban J connectivity index is 0. The highest BCUT2D eigenvalue weighted by atomic mass is 127. The molecule has 0 aromatic rings. The smallest absolute Gasteiger partial charge is 0.372 e. The third-order valence-electron chi connectivity index (χ3n) is 2.15. The van der Waals surface area contributed by atoms with Gasteiger partial charge in [0.2, 0.25) is 0 Å². The number of alkyl halides is 3. The topological polar surface area (TPSA) is 45.7 Å². The van der Waals surface area contributed by atoms with Gasteiger partial charge in [0, 0.05) is 26.2 Å². The van der Waals surface area contributed by atoms with Crippen molar-refractivity contribution >= 4 is 29.9 Å². The molecule has 4 nitrogen and oxygen atoms in total. The van der Waals surface area contributed by atoms with Gasteiger partial charge in [-0.05, 0) is 19.8 Å². The summed E-state index contributed by atoms with van der Waals surface area (Å²) in [7, 11) is 0. The van der Waals surface area contributed by atoms with Crippen molar-refractivity contribution in [2.75, 3.05) is 32.8 Å². The summed E-state index contributed by atoms with van der Waals surface area (Å²) in [4.78, 5) is 4.25. The average Bonchev–Trinajstić information content (AvgIpc) is 2.32. The number of nitrogens with one attached hydrogen (secondary N) is 2. The van der Waals surface area contributed by atoms with E-state index in [9.17, 15) is 13.2 Å². The molecule has 0 aromatic carbocycles. The molecule has 20 heavy (non-hydrogen) atoms. The zero-order chi connectivity index (χ0) is 14.6. The summed E-state index contributed by atoms with van der Waals surface area (Å²) < 4.78 is 39.9. The molecule has 0 radical (unpaired) electrons. The largest absolute Gasteiger partial charge is 0.411 e. The predicted octanol–water partition coefficient (Wildman–Crippen LogP) is 2.93. The molecule has 0 rings (SSSR count). The Kier molecular flexibility index (Phi) is 15.1. The van der Waals surface area contributed by atoms with Crippen molar-refractivity contribution in [3.8, 4) is 0 Å². The Bertz CT molecular complexity index is 251. The lowest BCUT2D eigenvalue weighted by atomic mass is 10.3. The number of hydrogen-bond acceptors (Lipinski definition) is 2. The Morgan fingerprint density at radius 1 is 1.15 bits per heavy atom. The maximum absolute atomic E-state index is 11.8. The van der Waals surface area contributed by atoms with Gasteiger partial charge in [-0.1, -0.05) is 13.3 Å². The summed E-state index contributed by atoms with van der Waals surface area (Å²) in [6.07, 6.45) is -1.63. The molecule has 122 valence electrons.